The first-order valence-corrected chi connectivity index (χ1v) is 10.8. The third-order valence-electron chi connectivity index (χ3n) is 4.06. The predicted octanol–water partition coefficient (Wildman–Crippen LogP) is 5.34. The fourth-order valence-corrected chi connectivity index (χ4v) is 4.18. The third-order valence-corrected chi connectivity index (χ3v) is 5.82. The van der Waals surface area contributed by atoms with Crippen molar-refractivity contribution in [2.45, 2.75) is 31.1 Å². The number of anilines is 1. The Hall–Kier alpha value is -2.38. The molecule has 2 aromatic heterocycles. The molecule has 1 aliphatic heterocycles. The Bertz CT molecular complexity index is 927. The molecule has 138 valence electrons. The van der Waals surface area contributed by atoms with Crippen molar-refractivity contribution in [3.05, 3.63) is 52.7 Å². The number of benzene rings is 1. The molecule has 1 atom stereocenters. The third kappa shape index (κ3) is 4.31. The van der Waals surface area contributed by atoms with Gasteiger partial charge in [-0.05, 0) is 36.1 Å². The Morgan fingerprint density at radius 1 is 1.22 bits per heavy atom. The Morgan fingerprint density at radius 2 is 2.15 bits per heavy atom. The highest BCUT2D eigenvalue weighted by molar-refractivity contribution is 7.99. The summed E-state index contributed by atoms with van der Waals surface area (Å²) >= 11 is 3.31. The maximum absolute atomic E-state index is 6.16. The lowest BCUT2D eigenvalue weighted by atomic mass is 10.1. The van der Waals surface area contributed by atoms with Gasteiger partial charge in [0, 0.05) is 21.9 Å². The molecule has 27 heavy (non-hydrogen) atoms. The zero-order valence-corrected chi connectivity index (χ0v) is 16.6. The standard InChI is InChI=1S/C20H20N4OS2/c1-2-3-12-27-20-22-19-18(23-24-20)15-8-4-5-9-16(15)21-17(25-19)11-10-14-7-6-13-26-14/h4-11,13,17,21H,2-3,12H2,1H3/b11-10-/t17-/m0/s1. The number of nitrogens with one attached hydrogen (secondary N) is 1. The Morgan fingerprint density at radius 3 is 3.00 bits per heavy atom. The van der Waals surface area contributed by atoms with E-state index in [1.54, 1.807) is 23.1 Å². The quantitative estimate of drug-likeness (QED) is 0.448. The summed E-state index contributed by atoms with van der Waals surface area (Å²) in [6.45, 7) is 2.17. The van der Waals surface area contributed by atoms with Gasteiger partial charge < -0.3 is 10.1 Å². The van der Waals surface area contributed by atoms with Crippen LogP contribution in [0.3, 0.4) is 0 Å². The molecular formula is C20H20N4OS2. The van der Waals surface area contributed by atoms with E-state index in [0.717, 1.165) is 29.8 Å². The molecule has 0 saturated heterocycles. The lowest BCUT2D eigenvalue weighted by Crippen LogP contribution is -2.23. The number of thioether (sulfide) groups is 1. The second-order valence-electron chi connectivity index (χ2n) is 6.05. The second kappa shape index (κ2) is 8.54. The summed E-state index contributed by atoms with van der Waals surface area (Å²) in [7, 11) is 0. The van der Waals surface area contributed by atoms with E-state index in [1.165, 1.54) is 4.88 Å². The maximum atomic E-state index is 6.16. The highest BCUT2D eigenvalue weighted by atomic mass is 32.2. The molecule has 5 nitrogen and oxygen atoms in total. The van der Waals surface area contributed by atoms with Gasteiger partial charge in [0.05, 0.1) is 0 Å². The van der Waals surface area contributed by atoms with Crippen LogP contribution in [0.5, 0.6) is 5.88 Å². The van der Waals surface area contributed by atoms with Crippen LogP contribution in [0.1, 0.15) is 24.6 Å². The van der Waals surface area contributed by atoms with E-state index in [9.17, 15) is 0 Å². The number of rotatable bonds is 6. The van der Waals surface area contributed by atoms with Gasteiger partial charge in [0.25, 0.3) is 0 Å². The van der Waals surface area contributed by atoms with E-state index in [0.29, 0.717) is 16.7 Å². The zero-order chi connectivity index (χ0) is 18.5. The van der Waals surface area contributed by atoms with Gasteiger partial charge in [0.2, 0.25) is 11.0 Å². The Labute approximate surface area is 166 Å². The van der Waals surface area contributed by atoms with Gasteiger partial charge in [-0.15, -0.1) is 21.5 Å². The number of para-hydroxylation sites is 1. The molecule has 0 spiro atoms. The van der Waals surface area contributed by atoms with E-state index < -0.39 is 0 Å². The highest BCUT2D eigenvalue weighted by Gasteiger charge is 2.23. The van der Waals surface area contributed by atoms with Crippen LogP contribution in [0.2, 0.25) is 0 Å². The number of ether oxygens (including phenoxy) is 1. The second-order valence-corrected chi connectivity index (χ2v) is 8.09. The van der Waals surface area contributed by atoms with Crippen molar-refractivity contribution in [3.63, 3.8) is 0 Å². The van der Waals surface area contributed by atoms with E-state index in [-0.39, 0.29) is 6.23 Å². The van der Waals surface area contributed by atoms with Gasteiger partial charge in [-0.2, -0.15) is 4.98 Å². The number of nitrogens with zero attached hydrogens (tertiary/aromatic N) is 3. The number of aromatic nitrogens is 3. The number of hydrogen-bond acceptors (Lipinski definition) is 7. The molecule has 1 N–H and O–H groups in total. The van der Waals surface area contributed by atoms with Gasteiger partial charge in [-0.3, -0.25) is 0 Å². The summed E-state index contributed by atoms with van der Waals surface area (Å²) in [5.74, 6) is 1.50. The number of thiophene rings is 1. The van der Waals surface area contributed by atoms with Crippen LogP contribution in [0.4, 0.5) is 5.69 Å². The van der Waals surface area contributed by atoms with E-state index in [1.807, 2.05) is 36.4 Å². The maximum Gasteiger partial charge on any atom is 0.247 e. The Kier molecular flexibility index (Phi) is 5.69. The smallest absolute Gasteiger partial charge is 0.247 e. The minimum Gasteiger partial charge on any atom is -0.448 e. The van der Waals surface area contributed by atoms with Crippen LogP contribution in [0.25, 0.3) is 17.3 Å². The monoisotopic (exact) mass is 396 g/mol. The average molecular weight is 397 g/mol. The number of fused-ring (bicyclic) bond motifs is 3. The van der Waals surface area contributed by atoms with Crippen LogP contribution in [-0.2, 0) is 0 Å². The fourth-order valence-electron chi connectivity index (χ4n) is 2.69. The van der Waals surface area contributed by atoms with E-state index in [4.69, 9.17) is 4.74 Å². The summed E-state index contributed by atoms with van der Waals surface area (Å²) in [4.78, 5) is 5.81. The van der Waals surface area contributed by atoms with Crippen molar-refractivity contribution in [2.75, 3.05) is 11.1 Å². The lowest BCUT2D eigenvalue weighted by Gasteiger charge is -2.15. The molecule has 0 bridgehead atoms. The van der Waals surface area contributed by atoms with E-state index in [2.05, 4.69) is 44.9 Å². The summed E-state index contributed by atoms with van der Waals surface area (Å²) < 4.78 is 6.16. The van der Waals surface area contributed by atoms with Crippen molar-refractivity contribution in [3.8, 4) is 17.1 Å². The normalized spacial score (nSPS) is 15.5. The molecular weight excluding hydrogens is 376 g/mol. The van der Waals surface area contributed by atoms with Crippen LogP contribution in [-0.4, -0.2) is 27.2 Å². The van der Waals surface area contributed by atoms with Crippen LogP contribution < -0.4 is 10.1 Å². The largest absolute Gasteiger partial charge is 0.448 e. The van der Waals surface area contributed by atoms with Crippen molar-refractivity contribution in [1.82, 2.24) is 15.2 Å². The SMILES string of the molecule is CCCCSc1nnc2c(n1)O[C@@H](/C=C\c1cccs1)Nc1ccccc1-2. The van der Waals surface area contributed by atoms with Crippen LogP contribution >= 0.6 is 23.1 Å². The Balaban J connectivity index is 1.66. The van der Waals surface area contributed by atoms with Crippen LogP contribution in [0, 0.1) is 0 Å². The predicted molar refractivity (Wildman–Crippen MR) is 112 cm³/mol. The van der Waals surface area contributed by atoms with Crippen molar-refractivity contribution in [1.29, 1.82) is 0 Å². The molecule has 7 heteroatoms. The van der Waals surface area contributed by atoms with Gasteiger partial charge in [0.15, 0.2) is 11.9 Å². The fraction of sp³-hybridized carbons (Fsp3) is 0.250. The highest BCUT2D eigenvalue weighted by Crippen LogP contribution is 2.36. The summed E-state index contributed by atoms with van der Waals surface area (Å²) in [5.41, 5.74) is 2.58. The van der Waals surface area contributed by atoms with Gasteiger partial charge in [0.1, 0.15) is 0 Å². The summed E-state index contributed by atoms with van der Waals surface area (Å²) in [6.07, 6.45) is 6.00. The molecule has 0 radical (unpaired) electrons. The number of unbranched alkanes of at least 4 members (excludes halogenated alkanes) is 1. The summed E-state index contributed by atoms with van der Waals surface area (Å²) in [6, 6.07) is 12.1. The molecule has 3 heterocycles. The first kappa shape index (κ1) is 18.0. The molecule has 1 aromatic carbocycles. The minimum absolute atomic E-state index is 0.334. The first-order chi connectivity index (χ1) is 13.3. The molecule has 0 aliphatic carbocycles. The van der Waals surface area contributed by atoms with Gasteiger partial charge in [-0.25, -0.2) is 0 Å². The van der Waals surface area contributed by atoms with Crippen molar-refractivity contribution >= 4 is 34.9 Å². The molecule has 0 saturated carbocycles. The van der Waals surface area contributed by atoms with Gasteiger partial charge in [-0.1, -0.05) is 49.4 Å². The lowest BCUT2D eigenvalue weighted by molar-refractivity contribution is 0.266. The topological polar surface area (TPSA) is 59.9 Å². The minimum atomic E-state index is -0.334. The molecule has 1 aliphatic rings. The molecule has 0 fully saturated rings. The number of hydrogen-bond donors (Lipinski definition) is 1. The molecule has 0 amide bonds. The summed E-state index contributed by atoms with van der Waals surface area (Å²) in [5, 5.41) is 14.9. The zero-order valence-electron chi connectivity index (χ0n) is 15.0. The molecule has 4 rings (SSSR count). The average Bonchev–Trinajstić information content (AvgIpc) is 3.15. The van der Waals surface area contributed by atoms with Crippen molar-refractivity contribution in [2.24, 2.45) is 0 Å². The molecule has 3 aromatic rings. The first-order valence-electron chi connectivity index (χ1n) is 8.95. The van der Waals surface area contributed by atoms with E-state index >= 15 is 0 Å². The molecule has 0 unspecified atom stereocenters. The van der Waals surface area contributed by atoms with Crippen molar-refractivity contribution < 1.29 is 4.74 Å². The van der Waals surface area contributed by atoms with Gasteiger partial charge >= 0.3 is 0 Å². The van der Waals surface area contributed by atoms with Crippen LogP contribution in [0.15, 0.2) is 53.0 Å².